The Morgan fingerprint density at radius 3 is 2.54 bits per heavy atom. The fraction of sp³-hybridized carbons (Fsp3) is 0.500. The number of anilines is 1. The first-order valence-corrected chi connectivity index (χ1v) is 9.88. The molecule has 24 heavy (non-hydrogen) atoms. The summed E-state index contributed by atoms with van der Waals surface area (Å²) in [7, 11) is -3.43. The van der Waals surface area contributed by atoms with Crippen molar-refractivity contribution in [2.45, 2.75) is 37.8 Å². The van der Waals surface area contributed by atoms with Gasteiger partial charge in [0.2, 0.25) is 15.9 Å². The number of carbonyl (C=O) groups is 2. The van der Waals surface area contributed by atoms with Gasteiger partial charge >= 0.3 is 0 Å². The Morgan fingerprint density at radius 1 is 1.17 bits per heavy atom. The zero-order valence-corrected chi connectivity index (χ0v) is 14.3. The molecule has 1 aliphatic carbocycles. The number of carbonyl (C=O) groups excluding carboxylic acids is 2. The molecule has 0 aromatic heterocycles. The van der Waals surface area contributed by atoms with Gasteiger partial charge in [-0.15, -0.1) is 0 Å². The summed E-state index contributed by atoms with van der Waals surface area (Å²) in [5.74, 6) is -0.621. The van der Waals surface area contributed by atoms with Gasteiger partial charge in [0, 0.05) is 12.6 Å². The second-order valence-corrected chi connectivity index (χ2v) is 8.25. The molecular weight excluding hydrogens is 330 g/mol. The van der Waals surface area contributed by atoms with Gasteiger partial charge in [0.05, 0.1) is 17.5 Å². The molecule has 8 heteroatoms. The molecule has 1 unspecified atom stereocenters. The van der Waals surface area contributed by atoms with Crippen molar-refractivity contribution < 1.29 is 18.0 Å². The second kappa shape index (κ2) is 6.52. The largest absolute Gasteiger partial charge is 0.349 e. The van der Waals surface area contributed by atoms with E-state index in [9.17, 15) is 18.0 Å². The zero-order chi connectivity index (χ0) is 17.3. The van der Waals surface area contributed by atoms with Crippen molar-refractivity contribution >= 4 is 27.5 Å². The van der Waals surface area contributed by atoms with Gasteiger partial charge in [0.25, 0.3) is 5.91 Å². The van der Waals surface area contributed by atoms with E-state index in [-0.39, 0.29) is 11.9 Å². The smallest absolute Gasteiger partial charge is 0.253 e. The van der Waals surface area contributed by atoms with Crippen LogP contribution in [0.1, 0.15) is 36.0 Å². The number of amides is 2. The fourth-order valence-electron chi connectivity index (χ4n) is 2.90. The summed E-state index contributed by atoms with van der Waals surface area (Å²) in [6, 6.07) is 6.26. The average molecular weight is 351 g/mol. The van der Waals surface area contributed by atoms with E-state index < -0.39 is 22.0 Å². The number of rotatable bonds is 5. The number of hydrogen-bond donors (Lipinski definition) is 2. The number of benzene rings is 1. The van der Waals surface area contributed by atoms with Crippen molar-refractivity contribution in [3.8, 4) is 0 Å². The Hall–Kier alpha value is -1.93. The molecule has 130 valence electrons. The average Bonchev–Trinajstić information content (AvgIpc) is 3.17. The van der Waals surface area contributed by atoms with Crippen LogP contribution in [0.3, 0.4) is 0 Å². The van der Waals surface area contributed by atoms with E-state index in [0.717, 1.165) is 19.1 Å². The van der Waals surface area contributed by atoms with Crippen LogP contribution in [0.5, 0.6) is 0 Å². The molecule has 1 aromatic carbocycles. The van der Waals surface area contributed by atoms with Crippen LogP contribution in [-0.4, -0.2) is 49.4 Å². The molecule has 2 N–H and O–H groups in total. The van der Waals surface area contributed by atoms with E-state index in [2.05, 4.69) is 10.6 Å². The maximum atomic E-state index is 12.5. The van der Waals surface area contributed by atoms with E-state index in [0.29, 0.717) is 30.6 Å². The summed E-state index contributed by atoms with van der Waals surface area (Å²) in [6.45, 7) is 0.348. The number of hydrogen-bond acceptors (Lipinski definition) is 4. The Morgan fingerprint density at radius 2 is 1.88 bits per heavy atom. The molecule has 0 spiro atoms. The first-order valence-electron chi connectivity index (χ1n) is 8.04. The number of sulfonamides is 1. The maximum Gasteiger partial charge on any atom is 0.253 e. The van der Waals surface area contributed by atoms with Crippen LogP contribution in [0, 0.1) is 0 Å². The van der Waals surface area contributed by atoms with Crippen LogP contribution in [0.15, 0.2) is 24.3 Å². The van der Waals surface area contributed by atoms with Gasteiger partial charge in [-0.1, -0.05) is 12.1 Å². The molecule has 1 aliphatic heterocycles. The monoisotopic (exact) mass is 351 g/mol. The lowest BCUT2D eigenvalue weighted by Crippen LogP contribution is -2.42. The lowest BCUT2D eigenvalue weighted by molar-refractivity contribution is -0.119. The van der Waals surface area contributed by atoms with E-state index >= 15 is 0 Å². The zero-order valence-electron chi connectivity index (χ0n) is 13.5. The third-order valence-corrected chi connectivity index (χ3v) is 5.56. The molecule has 0 radical (unpaired) electrons. The fourth-order valence-corrected chi connectivity index (χ4v) is 4.02. The topological polar surface area (TPSA) is 95.6 Å². The number of nitrogens with zero attached hydrogens (tertiary/aromatic N) is 1. The third-order valence-electron chi connectivity index (χ3n) is 4.27. The molecule has 1 saturated heterocycles. The van der Waals surface area contributed by atoms with Crippen LogP contribution in [-0.2, 0) is 14.8 Å². The molecule has 0 bridgehead atoms. The molecular formula is C16H21N3O4S. The van der Waals surface area contributed by atoms with Gasteiger partial charge in [-0.05, 0) is 37.8 Å². The minimum Gasteiger partial charge on any atom is -0.349 e. The summed E-state index contributed by atoms with van der Waals surface area (Å²) in [5, 5.41) is 5.61. The summed E-state index contributed by atoms with van der Waals surface area (Å²) in [6.07, 6.45) is 4.19. The number of para-hydroxylation sites is 1. The molecule has 7 nitrogen and oxygen atoms in total. The molecule has 2 amide bonds. The van der Waals surface area contributed by atoms with Gasteiger partial charge in [0.1, 0.15) is 6.04 Å². The van der Waals surface area contributed by atoms with E-state index in [1.807, 2.05) is 0 Å². The van der Waals surface area contributed by atoms with Gasteiger partial charge in [0.15, 0.2) is 0 Å². The van der Waals surface area contributed by atoms with E-state index in [4.69, 9.17) is 0 Å². The highest BCUT2D eigenvalue weighted by molar-refractivity contribution is 7.88. The third kappa shape index (κ3) is 3.76. The minimum atomic E-state index is -3.43. The van der Waals surface area contributed by atoms with Gasteiger partial charge in [-0.3, -0.25) is 9.59 Å². The van der Waals surface area contributed by atoms with Crippen LogP contribution < -0.4 is 10.6 Å². The molecule has 3 rings (SSSR count). The van der Waals surface area contributed by atoms with Crippen LogP contribution in [0.25, 0.3) is 0 Å². The first-order chi connectivity index (χ1) is 11.4. The van der Waals surface area contributed by atoms with Gasteiger partial charge < -0.3 is 10.6 Å². The first kappa shape index (κ1) is 16.9. The van der Waals surface area contributed by atoms with Crippen molar-refractivity contribution in [3.63, 3.8) is 0 Å². The Kier molecular flexibility index (Phi) is 4.60. The molecule has 1 heterocycles. The van der Waals surface area contributed by atoms with Crippen LogP contribution in [0.4, 0.5) is 5.69 Å². The quantitative estimate of drug-likeness (QED) is 0.825. The highest BCUT2D eigenvalue weighted by atomic mass is 32.2. The predicted octanol–water partition coefficient (Wildman–Crippen LogP) is 0.941. The molecule has 1 saturated carbocycles. The van der Waals surface area contributed by atoms with Crippen molar-refractivity contribution in [1.29, 1.82) is 0 Å². The van der Waals surface area contributed by atoms with Gasteiger partial charge in [-0.2, -0.15) is 4.31 Å². The minimum absolute atomic E-state index is 0.219. The normalized spacial score (nSPS) is 21.5. The van der Waals surface area contributed by atoms with Crippen molar-refractivity contribution in [2.75, 3.05) is 18.1 Å². The van der Waals surface area contributed by atoms with E-state index in [1.54, 1.807) is 24.3 Å². The van der Waals surface area contributed by atoms with Crippen LogP contribution >= 0.6 is 0 Å². The summed E-state index contributed by atoms with van der Waals surface area (Å²) in [4.78, 5) is 24.8. The van der Waals surface area contributed by atoms with Gasteiger partial charge in [-0.25, -0.2) is 8.42 Å². The Balaban J connectivity index is 1.76. The lowest BCUT2D eigenvalue weighted by Gasteiger charge is -2.22. The van der Waals surface area contributed by atoms with Crippen molar-refractivity contribution in [3.05, 3.63) is 29.8 Å². The highest BCUT2D eigenvalue weighted by Crippen LogP contribution is 2.24. The maximum absolute atomic E-state index is 12.5. The van der Waals surface area contributed by atoms with E-state index in [1.165, 1.54) is 4.31 Å². The molecule has 1 atom stereocenters. The predicted molar refractivity (Wildman–Crippen MR) is 90.1 cm³/mol. The van der Waals surface area contributed by atoms with Crippen molar-refractivity contribution in [1.82, 2.24) is 9.62 Å². The van der Waals surface area contributed by atoms with Crippen molar-refractivity contribution in [2.24, 2.45) is 0 Å². The highest BCUT2D eigenvalue weighted by Gasteiger charge is 2.36. The lowest BCUT2D eigenvalue weighted by atomic mass is 10.1. The van der Waals surface area contributed by atoms with Crippen LogP contribution in [0.2, 0.25) is 0 Å². The molecule has 2 aliphatic rings. The summed E-state index contributed by atoms with van der Waals surface area (Å²) in [5.41, 5.74) is 0.794. The summed E-state index contributed by atoms with van der Waals surface area (Å²) >= 11 is 0. The molecule has 2 fully saturated rings. The number of nitrogens with one attached hydrogen (secondary N) is 2. The second-order valence-electron chi connectivity index (χ2n) is 6.31. The summed E-state index contributed by atoms with van der Waals surface area (Å²) < 4.78 is 24.8. The Bertz CT molecular complexity index is 758. The molecule has 1 aromatic rings. The standard InChI is InChI=1S/C16H21N3O4S/c1-24(22,23)19-10-4-7-14(19)16(21)18-13-6-3-2-5-12(13)15(20)17-11-8-9-11/h2-3,5-6,11,14H,4,7-10H2,1H3,(H,17,20)(H,18,21). The Labute approximate surface area is 141 Å². The SMILES string of the molecule is CS(=O)(=O)N1CCCC1C(=O)Nc1ccccc1C(=O)NC1CC1.